The number of rotatable bonds is 1. The van der Waals surface area contributed by atoms with Crippen LogP contribution in [0.1, 0.15) is 34.1 Å². The molecule has 0 atom stereocenters. The highest BCUT2D eigenvalue weighted by Crippen LogP contribution is 2.35. The van der Waals surface area contributed by atoms with Gasteiger partial charge in [0.2, 0.25) is 0 Å². The molecule has 0 heteroatoms. The summed E-state index contributed by atoms with van der Waals surface area (Å²) in [6.45, 7) is 4.61. The van der Waals surface area contributed by atoms with E-state index in [0.717, 1.165) is 11.8 Å². The fraction of sp³-hybridized carbons (Fsp3) is 1.00. The van der Waals surface area contributed by atoms with Crippen LogP contribution in [-0.4, -0.2) is 0 Å². The molecular weight excluding hydrogens is 84.1 g/mol. The molecule has 1 fully saturated rings. The van der Waals surface area contributed by atoms with Crippen molar-refractivity contribution < 1.29 is 0 Å². The van der Waals surface area contributed by atoms with Crippen LogP contribution in [0.4, 0.5) is 0 Å². The first kappa shape index (κ1) is 7.00. The first-order valence-corrected chi connectivity index (χ1v) is 2.80. The molecule has 1 rings (SSSR count). The summed E-state index contributed by atoms with van der Waals surface area (Å²) in [5, 5.41) is 0. The highest BCUT2D eigenvalue weighted by atomic mass is 14.3. The molecule has 0 nitrogen and oxygen atoms in total. The molecular formula is C7H16. The number of hydrogen-bond acceptors (Lipinski definition) is 0. The lowest BCUT2D eigenvalue weighted by Crippen LogP contribution is -1.85. The topological polar surface area (TPSA) is 0 Å². The summed E-state index contributed by atoms with van der Waals surface area (Å²) in [5.74, 6) is 2.06. The summed E-state index contributed by atoms with van der Waals surface area (Å²) in [6, 6.07) is 0. The fourth-order valence-electron chi connectivity index (χ4n) is 0.763. The Kier molecular flexibility index (Phi) is 2.34. The van der Waals surface area contributed by atoms with Crippen molar-refractivity contribution in [3.63, 3.8) is 0 Å². The Labute approximate surface area is 46.9 Å². The van der Waals surface area contributed by atoms with E-state index < -0.39 is 0 Å². The van der Waals surface area contributed by atoms with E-state index in [1.54, 1.807) is 0 Å². The zero-order valence-corrected chi connectivity index (χ0v) is 4.57. The Bertz CT molecular complexity index is 42.0. The Balaban J connectivity index is 0.000000360. The zero-order chi connectivity index (χ0) is 4.57. The van der Waals surface area contributed by atoms with Crippen LogP contribution in [0.25, 0.3) is 0 Å². The van der Waals surface area contributed by atoms with Crippen molar-refractivity contribution in [1.82, 2.24) is 0 Å². The van der Waals surface area contributed by atoms with E-state index in [1.807, 2.05) is 0 Å². The zero-order valence-electron chi connectivity index (χ0n) is 4.57. The summed E-state index contributed by atoms with van der Waals surface area (Å²) in [4.78, 5) is 0. The highest BCUT2D eigenvalue weighted by molar-refractivity contribution is 4.75. The predicted molar refractivity (Wildman–Crippen MR) is 34.3 cm³/mol. The molecule has 1 saturated carbocycles. The van der Waals surface area contributed by atoms with Gasteiger partial charge >= 0.3 is 0 Å². The van der Waals surface area contributed by atoms with Crippen molar-refractivity contribution in [1.29, 1.82) is 0 Å². The van der Waals surface area contributed by atoms with Gasteiger partial charge in [-0.3, -0.25) is 0 Å². The van der Waals surface area contributed by atoms with E-state index >= 15 is 0 Å². The van der Waals surface area contributed by atoms with E-state index in [9.17, 15) is 0 Å². The highest BCUT2D eigenvalue weighted by Gasteiger charge is 2.23. The first-order chi connectivity index (χ1) is 2.80. The van der Waals surface area contributed by atoms with Gasteiger partial charge in [0.05, 0.1) is 0 Å². The van der Waals surface area contributed by atoms with Crippen LogP contribution in [0.15, 0.2) is 0 Å². The van der Waals surface area contributed by atoms with Crippen LogP contribution < -0.4 is 0 Å². The lowest BCUT2D eigenvalue weighted by Gasteiger charge is -1.94. The summed E-state index contributed by atoms with van der Waals surface area (Å²) in [5.41, 5.74) is 0. The lowest BCUT2D eigenvalue weighted by atomic mass is 10.1. The molecule has 0 aliphatic heterocycles. The normalized spacial score (nSPS) is 19.3. The van der Waals surface area contributed by atoms with Crippen molar-refractivity contribution in [2.75, 3.05) is 0 Å². The SMILES string of the molecule is C.CC(C)C1CC1. The van der Waals surface area contributed by atoms with Gasteiger partial charge in [-0.2, -0.15) is 0 Å². The van der Waals surface area contributed by atoms with Crippen LogP contribution in [0.5, 0.6) is 0 Å². The largest absolute Gasteiger partial charge is 0.0776 e. The Morgan fingerprint density at radius 1 is 1.29 bits per heavy atom. The van der Waals surface area contributed by atoms with Gasteiger partial charge in [0, 0.05) is 0 Å². The average molecular weight is 100 g/mol. The third kappa shape index (κ3) is 1.96. The minimum Gasteiger partial charge on any atom is -0.0776 e. The molecule has 0 bridgehead atoms. The first-order valence-electron chi connectivity index (χ1n) is 2.80. The van der Waals surface area contributed by atoms with Crippen molar-refractivity contribution in [2.24, 2.45) is 11.8 Å². The molecule has 0 saturated heterocycles. The maximum atomic E-state index is 2.30. The molecule has 1 aliphatic carbocycles. The van der Waals surface area contributed by atoms with Gasteiger partial charge in [-0.1, -0.05) is 21.3 Å². The monoisotopic (exact) mass is 100 g/mol. The second kappa shape index (κ2) is 2.34. The molecule has 0 radical (unpaired) electrons. The van der Waals surface area contributed by atoms with Gasteiger partial charge in [-0.15, -0.1) is 0 Å². The van der Waals surface area contributed by atoms with Crippen molar-refractivity contribution in [2.45, 2.75) is 34.1 Å². The van der Waals surface area contributed by atoms with Crippen LogP contribution in [0, 0.1) is 11.8 Å². The standard InChI is InChI=1S/C6H12.CH4/c1-5(2)6-3-4-6;/h5-6H,3-4H2,1-2H3;1H4. The van der Waals surface area contributed by atoms with Crippen LogP contribution in [0.2, 0.25) is 0 Å². The van der Waals surface area contributed by atoms with Gasteiger partial charge in [-0.05, 0) is 24.7 Å². The number of hydrogen-bond donors (Lipinski definition) is 0. The Morgan fingerprint density at radius 2 is 1.71 bits per heavy atom. The molecule has 44 valence electrons. The van der Waals surface area contributed by atoms with E-state index in [0.29, 0.717) is 0 Å². The van der Waals surface area contributed by atoms with Crippen molar-refractivity contribution in [3.05, 3.63) is 0 Å². The fourth-order valence-corrected chi connectivity index (χ4v) is 0.763. The van der Waals surface area contributed by atoms with Gasteiger partial charge in [0.15, 0.2) is 0 Å². The second-order valence-electron chi connectivity index (χ2n) is 2.58. The molecule has 0 aromatic rings. The quantitative estimate of drug-likeness (QED) is 0.475. The smallest absolute Gasteiger partial charge is 0.0391 e. The van der Waals surface area contributed by atoms with Crippen LogP contribution >= 0.6 is 0 Å². The van der Waals surface area contributed by atoms with Gasteiger partial charge in [0.25, 0.3) is 0 Å². The second-order valence-corrected chi connectivity index (χ2v) is 2.58. The Hall–Kier alpha value is 0. The van der Waals surface area contributed by atoms with Gasteiger partial charge < -0.3 is 0 Å². The molecule has 0 aromatic carbocycles. The minimum atomic E-state index is 0. The molecule has 0 N–H and O–H groups in total. The molecule has 0 amide bonds. The lowest BCUT2D eigenvalue weighted by molar-refractivity contribution is 0.563. The summed E-state index contributed by atoms with van der Waals surface area (Å²) >= 11 is 0. The summed E-state index contributed by atoms with van der Waals surface area (Å²) in [6.07, 6.45) is 3.00. The third-order valence-corrected chi connectivity index (χ3v) is 1.56. The third-order valence-electron chi connectivity index (χ3n) is 1.56. The van der Waals surface area contributed by atoms with E-state index in [1.165, 1.54) is 12.8 Å². The summed E-state index contributed by atoms with van der Waals surface area (Å²) in [7, 11) is 0. The van der Waals surface area contributed by atoms with Crippen molar-refractivity contribution in [3.8, 4) is 0 Å². The maximum absolute atomic E-state index is 2.30. The average Bonchev–Trinajstić information content (AvgIpc) is 2.06. The molecule has 7 heavy (non-hydrogen) atoms. The van der Waals surface area contributed by atoms with E-state index in [4.69, 9.17) is 0 Å². The molecule has 1 aliphatic rings. The molecule has 0 aromatic heterocycles. The predicted octanol–water partition coefficient (Wildman–Crippen LogP) is 2.69. The van der Waals surface area contributed by atoms with Crippen LogP contribution in [-0.2, 0) is 0 Å². The van der Waals surface area contributed by atoms with Crippen LogP contribution in [0.3, 0.4) is 0 Å². The van der Waals surface area contributed by atoms with Crippen molar-refractivity contribution >= 4 is 0 Å². The minimum absolute atomic E-state index is 0. The molecule has 0 spiro atoms. The van der Waals surface area contributed by atoms with Gasteiger partial charge in [-0.25, -0.2) is 0 Å². The Morgan fingerprint density at radius 3 is 1.71 bits per heavy atom. The van der Waals surface area contributed by atoms with E-state index in [-0.39, 0.29) is 7.43 Å². The maximum Gasteiger partial charge on any atom is -0.0391 e. The molecule has 0 heterocycles. The molecule has 0 unspecified atom stereocenters. The van der Waals surface area contributed by atoms with Gasteiger partial charge in [0.1, 0.15) is 0 Å². The van der Waals surface area contributed by atoms with E-state index in [2.05, 4.69) is 13.8 Å². The summed E-state index contributed by atoms with van der Waals surface area (Å²) < 4.78 is 0.